The van der Waals surface area contributed by atoms with Gasteiger partial charge in [0.05, 0.1) is 11.6 Å². The van der Waals surface area contributed by atoms with E-state index in [9.17, 15) is 14.4 Å². The minimum Gasteiger partial charge on any atom is -0.360 e. The smallest absolute Gasteiger partial charge is 0.251 e. The molecule has 1 saturated heterocycles. The van der Waals surface area contributed by atoms with Crippen LogP contribution in [0, 0.1) is 0 Å². The number of anilines is 1. The molecule has 9 heteroatoms. The molecule has 0 bridgehead atoms. The number of hydrogen-bond acceptors (Lipinski definition) is 4. The number of carbonyl (C=O) groups excluding carboxylic acids is 3. The number of aromatic nitrogens is 1. The number of fused-ring (bicyclic) bond motifs is 1. The summed E-state index contributed by atoms with van der Waals surface area (Å²) in [6, 6.07) is 12.2. The molecule has 200 valence electrons. The summed E-state index contributed by atoms with van der Waals surface area (Å²) in [5.74, 6) is -0.311. The van der Waals surface area contributed by atoms with Gasteiger partial charge in [-0.2, -0.15) is 0 Å². The van der Waals surface area contributed by atoms with Gasteiger partial charge in [0.25, 0.3) is 11.8 Å². The van der Waals surface area contributed by atoms with E-state index in [2.05, 4.69) is 20.5 Å². The van der Waals surface area contributed by atoms with Crippen LogP contribution in [0.15, 0.2) is 48.7 Å². The first-order valence-electron chi connectivity index (χ1n) is 13.4. The monoisotopic (exact) mass is 535 g/mol. The Bertz CT molecular complexity index is 1320. The van der Waals surface area contributed by atoms with E-state index in [1.54, 1.807) is 54.5 Å². The summed E-state index contributed by atoms with van der Waals surface area (Å²) in [4.78, 5) is 45.6. The molecule has 2 aromatic carbocycles. The first-order valence-corrected chi connectivity index (χ1v) is 13.7. The third-order valence-corrected chi connectivity index (χ3v) is 8.05. The highest BCUT2D eigenvalue weighted by molar-refractivity contribution is 6.35. The molecule has 1 aromatic heterocycles. The molecule has 38 heavy (non-hydrogen) atoms. The largest absolute Gasteiger partial charge is 0.360 e. The standard InChI is InChI=1S/C29H34ClN5O3/c1-34(27(36)18-35-14-4-5-15-35)21-11-8-19(9-12-21)28(37)32-24-6-2-3-7-25(24)33-29(38)20-10-13-22-23(30)17-31-26(22)16-20/h8-13,16-17,24-25,31H,2-7,14-15,18H2,1H3,(H,32,37)(H,33,38). The molecule has 2 atom stereocenters. The summed E-state index contributed by atoms with van der Waals surface area (Å²) in [5, 5.41) is 7.76. The van der Waals surface area contributed by atoms with E-state index in [0.717, 1.165) is 68.2 Å². The van der Waals surface area contributed by atoms with Crippen LogP contribution >= 0.6 is 11.6 Å². The van der Waals surface area contributed by atoms with Gasteiger partial charge in [-0.15, -0.1) is 0 Å². The number of H-pyrrole nitrogens is 1. The van der Waals surface area contributed by atoms with Gasteiger partial charge < -0.3 is 20.5 Å². The third kappa shape index (κ3) is 5.87. The van der Waals surface area contributed by atoms with Crippen LogP contribution < -0.4 is 15.5 Å². The molecule has 2 fully saturated rings. The normalized spacial score (nSPS) is 19.8. The van der Waals surface area contributed by atoms with E-state index >= 15 is 0 Å². The number of amides is 3. The van der Waals surface area contributed by atoms with Crippen LogP contribution in [0.5, 0.6) is 0 Å². The van der Waals surface area contributed by atoms with Crippen molar-refractivity contribution < 1.29 is 14.4 Å². The van der Waals surface area contributed by atoms with Gasteiger partial charge in [0, 0.05) is 53.0 Å². The van der Waals surface area contributed by atoms with Crippen molar-refractivity contribution in [3.05, 3.63) is 64.8 Å². The van der Waals surface area contributed by atoms with Gasteiger partial charge in [0.1, 0.15) is 0 Å². The SMILES string of the molecule is CN(C(=O)CN1CCCC1)c1ccc(C(=O)NC2CCCCC2NC(=O)c2ccc3c(Cl)c[nH]c3c2)cc1. The number of halogens is 1. The lowest BCUT2D eigenvalue weighted by atomic mass is 9.89. The van der Waals surface area contributed by atoms with Gasteiger partial charge >= 0.3 is 0 Å². The molecule has 5 rings (SSSR count). The maximum Gasteiger partial charge on any atom is 0.251 e. The molecular weight excluding hydrogens is 502 g/mol. The van der Waals surface area contributed by atoms with Crippen LogP contribution in [0.25, 0.3) is 10.9 Å². The van der Waals surface area contributed by atoms with Crippen LogP contribution in [0.4, 0.5) is 5.69 Å². The second kappa shape index (κ2) is 11.6. The average Bonchev–Trinajstić information content (AvgIpc) is 3.58. The third-order valence-electron chi connectivity index (χ3n) is 7.74. The zero-order valence-corrected chi connectivity index (χ0v) is 22.4. The molecule has 0 radical (unpaired) electrons. The van der Waals surface area contributed by atoms with Crippen molar-refractivity contribution in [2.24, 2.45) is 0 Å². The topological polar surface area (TPSA) is 97.5 Å². The predicted molar refractivity (Wildman–Crippen MR) is 150 cm³/mol. The number of benzene rings is 2. The van der Waals surface area contributed by atoms with E-state index in [0.29, 0.717) is 22.7 Å². The summed E-state index contributed by atoms with van der Waals surface area (Å²) >= 11 is 6.16. The van der Waals surface area contributed by atoms with Crippen LogP contribution in [-0.2, 0) is 4.79 Å². The molecule has 1 aliphatic heterocycles. The van der Waals surface area contributed by atoms with Gasteiger partial charge in [-0.1, -0.05) is 30.5 Å². The van der Waals surface area contributed by atoms with Crippen molar-refractivity contribution in [3.8, 4) is 0 Å². The summed E-state index contributed by atoms with van der Waals surface area (Å²) in [6.45, 7) is 2.36. The van der Waals surface area contributed by atoms with Crippen molar-refractivity contribution in [2.75, 3.05) is 31.6 Å². The fourth-order valence-electron chi connectivity index (χ4n) is 5.43. The van der Waals surface area contributed by atoms with Gasteiger partial charge in [-0.05, 0) is 75.2 Å². The number of likely N-dealkylation sites (tertiary alicyclic amines) is 1. The summed E-state index contributed by atoms with van der Waals surface area (Å²) in [5.41, 5.74) is 2.64. The average molecular weight is 536 g/mol. The zero-order chi connectivity index (χ0) is 26.6. The van der Waals surface area contributed by atoms with E-state index in [1.165, 1.54) is 0 Å². The van der Waals surface area contributed by atoms with Crippen molar-refractivity contribution in [3.63, 3.8) is 0 Å². The molecule has 8 nitrogen and oxygen atoms in total. The molecular formula is C29H34ClN5O3. The number of hydrogen-bond donors (Lipinski definition) is 3. The second-order valence-corrected chi connectivity index (χ2v) is 10.7. The minimum absolute atomic E-state index is 0.0448. The summed E-state index contributed by atoms with van der Waals surface area (Å²) in [7, 11) is 1.77. The van der Waals surface area contributed by atoms with Crippen LogP contribution in [-0.4, -0.2) is 66.4 Å². The molecule has 1 saturated carbocycles. The maximum atomic E-state index is 13.1. The van der Waals surface area contributed by atoms with Crippen molar-refractivity contribution in [1.82, 2.24) is 20.5 Å². The number of rotatable bonds is 7. The molecule has 2 aliphatic rings. The number of likely N-dealkylation sites (N-methyl/N-ethyl adjacent to an activating group) is 1. The molecule has 3 amide bonds. The fourth-order valence-corrected chi connectivity index (χ4v) is 5.65. The number of nitrogens with one attached hydrogen (secondary N) is 3. The molecule has 3 N–H and O–H groups in total. The van der Waals surface area contributed by atoms with E-state index in [-0.39, 0.29) is 29.8 Å². The van der Waals surface area contributed by atoms with E-state index in [1.807, 2.05) is 6.07 Å². The lowest BCUT2D eigenvalue weighted by molar-refractivity contribution is -0.119. The Balaban J connectivity index is 1.19. The zero-order valence-electron chi connectivity index (χ0n) is 21.6. The number of aromatic amines is 1. The number of nitrogens with zero attached hydrogens (tertiary/aromatic N) is 2. The van der Waals surface area contributed by atoms with Gasteiger partial charge in [0.15, 0.2) is 0 Å². The Morgan fingerprint density at radius 3 is 2.18 bits per heavy atom. The van der Waals surface area contributed by atoms with Gasteiger partial charge in [0.2, 0.25) is 5.91 Å². The molecule has 2 heterocycles. The molecule has 0 spiro atoms. The second-order valence-electron chi connectivity index (χ2n) is 10.3. The lowest BCUT2D eigenvalue weighted by Crippen LogP contribution is -2.53. The van der Waals surface area contributed by atoms with Gasteiger partial charge in [-0.3, -0.25) is 19.3 Å². The van der Waals surface area contributed by atoms with E-state index in [4.69, 9.17) is 11.6 Å². The maximum absolute atomic E-state index is 13.1. The van der Waals surface area contributed by atoms with Crippen molar-refractivity contribution in [2.45, 2.75) is 50.6 Å². The van der Waals surface area contributed by atoms with Crippen molar-refractivity contribution >= 4 is 45.9 Å². The molecule has 3 aromatic rings. The van der Waals surface area contributed by atoms with Crippen LogP contribution in [0.1, 0.15) is 59.2 Å². The highest BCUT2D eigenvalue weighted by Crippen LogP contribution is 2.25. The minimum atomic E-state index is -0.184. The Morgan fingerprint density at radius 2 is 1.53 bits per heavy atom. The quantitative estimate of drug-likeness (QED) is 0.419. The van der Waals surface area contributed by atoms with Gasteiger partial charge in [-0.25, -0.2) is 0 Å². The Kier molecular flexibility index (Phi) is 8.00. The first kappa shape index (κ1) is 26.3. The van der Waals surface area contributed by atoms with Crippen LogP contribution in [0.2, 0.25) is 5.02 Å². The van der Waals surface area contributed by atoms with E-state index < -0.39 is 0 Å². The highest BCUT2D eigenvalue weighted by atomic mass is 35.5. The Hall–Kier alpha value is -3.36. The predicted octanol–water partition coefficient (Wildman–Crippen LogP) is 4.35. The Labute approximate surface area is 227 Å². The highest BCUT2D eigenvalue weighted by Gasteiger charge is 2.29. The number of carbonyl (C=O) groups is 3. The first-order chi connectivity index (χ1) is 18.4. The Morgan fingerprint density at radius 1 is 0.921 bits per heavy atom. The summed E-state index contributed by atoms with van der Waals surface area (Å²) in [6.07, 6.45) is 7.58. The molecule has 1 aliphatic carbocycles. The fraction of sp³-hybridized carbons (Fsp3) is 0.414. The van der Waals surface area contributed by atoms with Crippen LogP contribution in [0.3, 0.4) is 0 Å². The summed E-state index contributed by atoms with van der Waals surface area (Å²) < 4.78 is 0. The lowest BCUT2D eigenvalue weighted by Gasteiger charge is -2.33. The molecule has 2 unspecified atom stereocenters. The van der Waals surface area contributed by atoms with Crippen molar-refractivity contribution in [1.29, 1.82) is 0 Å².